The highest BCUT2D eigenvalue weighted by Gasteiger charge is 2.72. The van der Waals surface area contributed by atoms with Gasteiger partial charge in [0.1, 0.15) is 0 Å². The van der Waals surface area contributed by atoms with Crippen molar-refractivity contribution >= 4 is 11.8 Å². The minimum Gasteiger partial charge on any atom is -0.393 e. The van der Waals surface area contributed by atoms with Gasteiger partial charge in [0.25, 0.3) is 0 Å². The average Bonchev–Trinajstić information content (AvgIpc) is 2.62. The molecule has 1 saturated carbocycles. The maximum Gasteiger partial charge on any atom is 0.233 e. The van der Waals surface area contributed by atoms with Crippen molar-refractivity contribution in [3.05, 3.63) is 0 Å². The first kappa shape index (κ1) is 11.6. The predicted molar refractivity (Wildman–Crippen MR) is 58.4 cm³/mol. The summed E-state index contributed by atoms with van der Waals surface area (Å²) < 4.78 is 0. The van der Waals surface area contributed by atoms with Crippen LogP contribution in [0.25, 0.3) is 0 Å². The third-order valence-corrected chi connectivity index (χ3v) is 3.90. The summed E-state index contributed by atoms with van der Waals surface area (Å²) in [5, 5.41) is 9.11. The van der Waals surface area contributed by atoms with Crippen LogP contribution < -0.4 is 0 Å². The van der Waals surface area contributed by atoms with E-state index in [0.29, 0.717) is 19.4 Å². The Morgan fingerprint density at radius 2 is 1.81 bits per heavy atom. The zero-order valence-corrected chi connectivity index (χ0v) is 10.1. The quantitative estimate of drug-likeness (QED) is 0.720. The van der Waals surface area contributed by atoms with E-state index in [1.54, 1.807) is 6.92 Å². The number of rotatable bonds is 4. The zero-order chi connectivity index (χ0) is 12.1. The highest BCUT2D eigenvalue weighted by molar-refractivity contribution is 6.10. The fraction of sp³-hybridized carbons (Fsp3) is 0.833. The van der Waals surface area contributed by atoms with Crippen LogP contribution in [0.15, 0.2) is 0 Å². The van der Waals surface area contributed by atoms with Crippen LogP contribution in [0.1, 0.15) is 33.6 Å². The standard InChI is InChI=1S/C12H19NO3/c1-7(14)5-4-6-13-10(15)8-9(11(13)16)12(8,2)3/h7-9,14H,4-6H2,1-3H3. The molecule has 0 bridgehead atoms. The van der Waals surface area contributed by atoms with Crippen molar-refractivity contribution in [1.82, 2.24) is 4.90 Å². The van der Waals surface area contributed by atoms with Crippen molar-refractivity contribution in [3.63, 3.8) is 0 Å². The first-order valence-corrected chi connectivity index (χ1v) is 5.90. The summed E-state index contributed by atoms with van der Waals surface area (Å²) in [6.45, 7) is 6.14. The number of carbonyl (C=O) groups is 2. The second-order valence-electron chi connectivity index (χ2n) is 5.60. The number of hydrogen-bond acceptors (Lipinski definition) is 3. The van der Waals surface area contributed by atoms with Gasteiger partial charge in [-0.2, -0.15) is 0 Å². The first-order valence-electron chi connectivity index (χ1n) is 5.90. The summed E-state index contributed by atoms with van der Waals surface area (Å²) in [5.74, 6) is -0.172. The lowest BCUT2D eigenvalue weighted by Gasteiger charge is -2.20. The van der Waals surface area contributed by atoms with Crippen molar-refractivity contribution in [2.24, 2.45) is 17.3 Å². The van der Waals surface area contributed by atoms with Gasteiger partial charge in [-0.25, -0.2) is 0 Å². The number of aliphatic hydroxyl groups is 1. The Bertz CT molecular complexity index is 311. The van der Waals surface area contributed by atoms with Gasteiger partial charge in [0.2, 0.25) is 11.8 Å². The van der Waals surface area contributed by atoms with Gasteiger partial charge in [0.15, 0.2) is 0 Å². The predicted octanol–water partition coefficient (Wildman–Crippen LogP) is 0.788. The molecule has 90 valence electrons. The van der Waals surface area contributed by atoms with Gasteiger partial charge in [-0.15, -0.1) is 0 Å². The Balaban J connectivity index is 1.91. The Morgan fingerprint density at radius 1 is 1.31 bits per heavy atom. The number of amides is 2. The number of likely N-dealkylation sites (tertiary alicyclic amines) is 1. The Hall–Kier alpha value is -0.900. The van der Waals surface area contributed by atoms with Crippen LogP contribution in [0.2, 0.25) is 0 Å². The lowest BCUT2D eigenvalue weighted by Crippen LogP contribution is -2.37. The Kier molecular flexibility index (Phi) is 2.57. The highest BCUT2D eigenvalue weighted by atomic mass is 16.3. The lowest BCUT2D eigenvalue weighted by atomic mass is 10.1. The molecule has 3 atom stereocenters. The van der Waals surface area contributed by atoms with Gasteiger partial charge in [-0.05, 0) is 25.2 Å². The van der Waals surface area contributed by atoms with Gasteiger partial charge in [-0.3, -0.25) is 14.5 Å². The maximum absolute atomic E-state index is 11.9. The van der Waals surface area contributed by atoms with E-state index >= 15 is 0 Å². The zero-order valence-electron chi connectivity index (χ0n) is 10.1. The van der Waals surface area contributed by atoms with Crippen LogP contribution in [0.3, 0.4) is 0 Å². The van der Waals surface area contributed by atoms with Gasteiger partial charge >= 0.3 is 0 Å². The van der Waals surface area contributed by atoms with Crippen molar-refractivity contribution in [2.45, 2.75) is 39.7 Å². The van der Waals surface area contributed by atoms with E-state index in [9.17, 15) is 9.59 Å². The number of fused-ring (bicyclic) bond motifs is 1. The van der Waals surface area contributed by atoms with E-state index in [1.165, 1.54) is 4.90 Å². The molecule has 1 aliphatic heterocycles. The molecule has 2 aliphatic rings. The molecule has 0 spiro atoms. The van der Waals surface area contributed by atoms with Crippen molar-refractivity contribution in [2.75, 3.05) is 6.54 Å². The molecule has 1 N–H and O–H groups in total. The fourth-order valence-corrected chi connectivity index (χ4v) is 2.77. The largest absolute Gasteiger partial charge is 0.393 e. The third-order valence-electron chi connectivity index (χ3n) is 3.90. The summed E-state index contributed by atoms with van der Waals surface area (Å²) in [7, 11) is 0. The molecule has 0 radical (unpaired) electrons. The number of hydrogen-bond donors (Lipinski definition) is 1. The number of aliphatic hydroxyl groups excluding tert-OH is 1. The summed E-state index contributed by atoms with van der Waals surface area (Å²) in [4.78, 5) is 25.2. The summed E-state index contributed by atoms with van der Waals surface area (Å²) >= 11 is 0. The van der Waals surface area contributed by atoms with Gasteiger partial charge in [-0.1, -0.05) is 13.8 Å². The molecule has 4 heteroatoms. The van der Waals surface area contributed by atoms with Crippen LogP contribution >= 0.6 is 0 Å². The normalized spacial score (nSPS) is 32.9. The van der Waals surface area contributed by atoms with Gasteiger partial charge in [0, 0.05) is 6.54 Å². The molecule has 2 rings (SSSR count). The molecule has 1 aliphatic carbocycles. The summed E-state index contributed by atoms with van der Waals surface area (Å²) in [6, 6.07) is 0. The smallest absolute Gasteiger partial charge is 0.233 e. The molecule has 1 heterocycles. The number of carbonyl (C=O) groups excluding carboxylic acids is 2. The van der Waals surface area contributed by atoms with Crippen molar-refractivity contribution in [3.8, 4) is 0 Å². The molecule has 1 saturated heterocycles. The van der Waals surface area contributed by atoms with Gasteiger partial charge in [0.05, 0.1) is 17.9 Å². The number of piperidine rings is 1. The molecular formula is C12H19NO3. The summed E-state index contributed by atoms with van der Waals surface area (Å²) in [6.07, 6.45) is 0.962. The van der Waals surface area contributed by atoms with Crippen LogP contribution in [0, 0.1) is 17.3 Å². The van der Waals surface area contributed by atoms with Crippen LogP contribution in [-0.2, 0) is 9.59 Å². The topological polar surface area (TPSA) is 57.6 Å². The van der Waals surface area contributed by atoms with E-state index in [-0.39, 0.29) is 35.2 Å². The SMILES string of the molecule is CC(O)CCCN1C(=O)C2C(C1=O)C2(C)C. The van der Waals surface area contributed by atoms with Gasteiger partial charge < -0.3 is 5.11 Å². The molecule has 2 amide bonds. The molecule has 4 nitrogen and oxygen atoms in total. The second-order valence-corrected chi connectivity index (χ2v) is 5.60. The molecule has 3 unspecified atom stereocenters. The first-order chi connectivity index (χ1) is 7.37. The molecule has 0 aromatic rings. The minimum atomic E-state index is -0.362. The van der Waals surface area contributed by atoms with Crippen molar-refractivity contribution < 1.29 is 14.7 Å². The van der Waals surface area contributed by atoms with E-state index in [2.05, 4.69) is 0 Å². The average molecular weight is 225 g/mol. The highest BCUT2D eigenvalue weighted by Crippen LogP contribution is 2.63. The summed E-state index contributed by atoms with van der Waals surface area (Å²) in [5.41, 5.74) is -0.116. The van der Waals surface area contributed by atoms with E-state index in [0.717, 1.165) is 0 Å². The maximum atomic E-state index is 11.9. The van der Waals surface area contributed by atoms with Crippen LogP contribution in [-0.4, -0.2) is 34.5 Å². The van der Waals surface area contributed by atoms with Crippen LogP contribution in [0.5, 0.6) is 0 Å². The molecular weight excluding hydrogens is 206 g/mol. The number of imide groups is 1. The third kappa shape index (κ3) is 1.56. The van der Waals surface area contributed by atoms with E-state index in [4.69, 9.17) is 5.11 Å². The fourth-order valence-electron chi connectivity index (χ4n) is 2.77. The van der Waals surface area contributed by atoms with E-state index < -0.39 is 0 Å². The molecule has 0 aromatic carbocycles. The van der Waals surface area contributed by atoms with Crippen molar-refractivity contribution in [1.29, 1.82) is 0 Å². The Labute approximate surface area is 95.6 Å². The molecule has 0 aromatic heterocycles. The number of nitrogens with zero attached hydrogens (tertiary/aromatic N) is 1. The monoisotopic (exact) mass is 225 g/mol. The second kappa shape index (κ2) is 3.55. The molecule has 2 fully saturated rings. The molecule has 16 heavy (non-hydrogen) atoms. The van der Waals surface area contributed by atoms with E-state index in [1.807, 2.05) is 13.8 Å². The lowest BCUT2D eigenvalue weighted by molar-refractivity contribution is -0.143. The van der Waals surface area contributed by atoms with Crippen LogP contribution in [0.4, 0.5) is 0 Å². The Morgan fingerprint density at radius 3 is 2.25 bits per heavy atom. The minimum absolute atomic E-state index is 0.00871.